The van der Waals surface area contributed by atoms with Gasteiger partial charge in [0.1, 0.15) is 6.17 Å². The highest BCUT2D eigenvalue weighted by molar-refractivity contribution is 6.18. The van der Waals surface area contributed by atoms with Gasteiger partial charge < -0.3 is 5.32 Å². The minimum absolute atomic E-state index is 0.164. The molecule has 0 saturated heterocycles. The zero-order chi connectivity index (χ0) is 33.3. The molecular weight excluding hydrogens is 607 g/mol. The molecular formula is C47H35N3. The van der Waals surface area contributed by atoms with Crippen LogP contribution in [-0.2, 0) is 0 Å². The number of benzene rings is 5. The second-order valence-corrected chi connectivity index (χ2v) is 13.0. The van der Waals surface area contributed by atoms with Crippen molar-refractivity contribution in [3.8, 4) is 33.5 Å². The Morgan fingerprint density at radius 3 is 1.88 bits per heavy atom. The van der Waals surface area contributed by atoms with E-state index in [9.17, 15) is 0 Å². The van der Waals surface area contributed by atoms with Crippen LogP contribution >= 0.6 is 0 Å². The molecule has 2 aliphatic carbocycles. The monoisotopic (exact) mass is 641 g/mol. The van der Waals surface area contributed by atoms with Crippen LogP contribution in [0, 0.1) is 0 Å². The van der Waals surface area contributed by atoms with Crippen LogP contribution in [0.25, 0.3) is 45.3 Å². The topological polar surface area (TPSA) is 37.3 Å². The normalized spacial score (nSPS) is 17.7. The van der Waals surface area contributed by atoms with E-state index in [4.69, 9.17) is 9.98 Å². The Kier molecular flexibility index (Phi) is 7.71. The Morgan fingerprint density at radius 2 is 1.18 bits per heavy atom. The molecule has 0 saturated carbocycles. The van der Waals surface area contributed by atoms with Crippen LogP contribution in [0.2, 0.25) is 0 Å². The van der Waals surface area contributed by atoms with Gasteiger partial charge in [0.15, 0.2) is 0 Å². The summed E-state index contributed by atoms with van der Waals surface area (Å²) in [5.41, 5.74) is 15.9. The Morgan fingerprint density at radius 1 is 0.580 bits per heavy atom. The summed E-state index contributed by atoms with van der Waals surface area (Å²) in [5, 5.41) is 3.76. The SMILES string of the molecule is C1=CCC2C(=C1)C(C1=NC(c3ccccc3)NC(c3ccc(-c4ccccc4)cc3)=C1)=Cc1nc(-c3ccccc3)cc(-c3ccccc3)c12. The molecule has 1 aliphatic heterocycles. The summed E-state index contributed by atoms with van der Waals surface area (Å²) in [5.74, 6) is 0.164. The molecule has 50 heavy (non-hydrogen) atoms. The molecule has 3 nitrogen and oxygen atoms in total. The second-order valence-electron chi connectivity index (χ2n) is 13.0. The Balaban J connectivity index is 1.22. The van der Waals surface area contributed by atoms with Crippen LogP contribution in [-0.4, -0.2) is 10.7 Å². The van der Waals surface area contributed by atoms with E-state index in [-0.39, 0.29) is 12.1 Å². The third-order valence-electron chi connectivity index (χ3n) is 9.88. The quantitative estimate of drug-likeness (QED) is 0.196. The summed E-state index contributed by atoms with van der Waals surface area (Å²) in [4.78, 5) is 10.8. The predicted octanol–water partition coefficient (Wildman–Crippen LogP) is 11.2. The average molecular weight is 642 g/mol. The van der Waals surface area contributed by atoms with Crippen LogP contribution < -0.4 is 5.32 Å². The zero-order valence-electron chi connectivity index (χ0n) is 27.6. The second kappa shape index (κ2) is 12.9. The molecule has 1 aromatic heterocycles. The van der Waals surface area contributed by atoms with E-state index in [1.54, 1.807) is 0 Å². The molecule has 0 bridgehead atoms. The highest BCUT2D eigenvalue weighted by atomic mass is 15.1. The van der Waals surface area contributed by atoms with E-state index >= 15 is 0 Å². The van der Waals surface area contributed by atoms with Gasteiger partial charge in [0.05, 0.1) is 17.1 Å². The van der Waals surface area contributed by atoms with Gasteiger partial charge in [0, 0.05) is 22.8 Å². The van der Waals surface area contributed by atoms with Crippen LogP contribution in [0.1, 0.15) is 40.9 Å². The maximum absolute atomic E-state index is 5.41. The van der Waals surface area contributed by atoms with Crippen molar-refractivity contribution in [3.05, 3.63) is 209 Å². The first-order valence-corrected chi connectivity index (χ1v) is 17.3. The van der Waals surface area contributed by atoms with E-state index < -0.39 is 0 Å². The fourth-order valence-electron chi connectivity index (χ4n) is 7.40. The summed E-state index contributed by atoms with van der Waals surface area (Å²) in [6.45, 7) is 0. The molecule has 3 aliphatic rings. The fourth-order valence-corrected chi connectivity index (χ4v) is 7.40. The molecule has 0 fully saturated rings. The Bertz CT molecular complexity index is 2330. The predicted molar refractivity (Wildman–Crippen MR) is 207 cm³/mol. The summed E-state index contributed by atoms with van der Waals surface area (Å²) in [6.07, 6.45) is 12.0. The molecule has 5 aromatic carbocycles. The number of hydrogen-bond donors (Lipinski definition) is 1. The van der Waals surface area contributed by atoms with Crippen molar-refractivity contribution >= 4 is 17.5 Å². The molecule has 3 heteroatoms. The summed E-state index contributed by atoms with van der Waals surface area (Å²) < 4.78 is 0. The van der Waals surface area contributed by atoms with Crippen molar-refractivity contribution in [1.82, 2.24) is 10.3 Å². The van der Waals surface area contributed by atoms with E-state index in [0.717, 1.165) is 51.5 Å². The van der Waals surface area contributed by atoms with Crippen LogP contribution in [0.4, 0.5) is 0 Å². The molecule has 0 spiro atoms. The van der Waals surface area contributed by atoms with Gasteiger partial charge in [-0.15, -0.1) is 0 Å². The maximum atomic E-state index is 5.41. The van der Waals surface area contributed by atoms with Gasteiger partial charge in [0.2, 0.25) is 0 Å². The lowest BCUT2D eigenvalue weighted by molar-refractivity contribution is 0.663. The molecule has 1 N–H and O–H groups in total. The first-order chi connectivity index (χ1) is 24.8. The summed E-state index contributed by atoms with van der Waals surface area (Å²) in [6, 6.07) is 53.4. The fraction of sp³-hybridized carbons (Fsp3) is 0.0638. The largest absolute Gasteiger partial charge is 0.360 e. The highest BCUT2D eigenvalue weighted by Gasteiger charge is 2.33. The van der Waals surface area contributed by atoms with Gasteiger partial charge in [-0.05, 0) is 69.2 Å². The number of nitrogens with one attached hydrogen (secondary N) is 1. The number of rotatable bonds is 6. The Labute approximate surface area is 293 Å². The molecule has 2 atom stereocenters. The average Bonchev–Trinajstić information content (AvgIpc) is 3.21. The van der Waals surface area contributed by atoms with Crippen molar-refractivity contribution in [2.75, 3.05) is 0 Å². The molecule has 238 valence electrons. The van der Waals surface area contributed by atoms with E-state index in [2.05, 4.69) is 187 Å². The van der Waals surface area contributed by atoms with Crippen molar-refractivity contribution in [2.24, 2.45) is 4.99 Å². The lowest BCUT2D eigenvalue weighted by Crippen LogP contribution is -2.27. The van der Waals surface area contributed by atoms with Crippen molar-refractivity contribution in [3.63, 3.8) is 0 Å². The van der Waals surface area contributed by atoms with Gasteiger partial charge in [-0.2, -0.15) is 0 Å². The first kappa shape index (κ1) is 29.8. The summed E-state index contributed by atoms with van der Waals surface area (Å²) >= 11 is 0. The number of allylic oxidation sites excluding steroid dienone is 6. The van der Waals surface area contributed by atoms with Gasteiger partial charge in [-0.1, -0.05) is 164 Å². The number of aromatic nitrogens is 1. The highest BCUT2D eigenvalue weighted by Crippen LogP contribution is 2.48. The smallest absolute Gasteiger partial charge is 0.145 e. The minimum Gasteiger partial charge on any atom is -0.360 e. The molecule has 9 rings (SSSR count). The summed E-state index contributed by atoms with van der Waals surface area (Å²) in [7, 11) is 0. The van der Waals surface area contributed by atoms with Gasteiger partial charge in [0.25, 0.3) is 0 Å². The molecule has 6 aromatic rings. The van der Waals surface area contributed by atoms with Crippen LogP contribution in [0.15, 0.2) is 192 Å². The van der Waals surface area contributed by atoms with Crippen LogP contribution in [0.3, 0.4) is 0 Å². The molecule has 0 radical (unpaired) electrons. The van der Waals surface area contributed by atoms with Gasteiger partial charge >= 0.3 is 0 Å². The van der Waals surface area contributed by atoms with Crippen molar-refractivity contribution < 1.29 is 0 Å². The van der Waals surface area contributed by atoms with Gasteiger partial charge in [-0.25, -0.2) is 4.98 Å². The minimum atomic E-state index is -0.232. The number of hydrogen-bond acceptors (Lipinski definition) is 3. The Hall–Kier alpha value is -6.32. The third-order valence-corrected chi connectivity index (χ3v) is 9.88. The number of pyridine rings is 1. The van der Waals surface area contributed by atoms with Crippen molar-refractivity contribution in [2.45, 2.75) is 18.5 Å². The van der Waals surface area contributed by atoms with E-state index in [0.29, 0.717) is 0 Å². The lowest BCUT2D eigenvalue weighted by Gasteiger charge is -2.33. The zero-order valence-corrected chi connectivity index (χ0v) is 27.6. The number of aliphatic imine (C=N–C) groups is 1. The van der Waals surface area contributed by atoms with Crippen molar-refractivity contribution in [1.29, 1.82) is 0 Å². The van der Waals surface area contributed by atoms with E-state index in [1.165, 1.54) is 33.4 Å². The van der Waals surface area contributed by atoms with Crippen LogP contribution in [0.5, 0.6) is 0 Å². The maximum Gasteiger partial charge on any atom is 0.145 e. The molecule has 2 heterocycles. The third kappa shape index (κ3) is 5.63. The van der Waals surface area contributed by atoms with E-state index in [1.807, 2.05) is 0 Å². The van der Waals surface area contributed by atoms with Gasteiger partial charge in [-0.3, -0.25) is 4.99 Å². The lowest BCUT2D eigenvalue weighted by atomic mass is 9.73. The first-order valence-electron chi connectivity index (χ1n) is 17.3. The number of nitrogens with zero attached hydrogens (tertiary/aromatic N) is 2. The molecule has 2 unspecified atom stereocenters. The number of fused-ring (bicyclic) bond motifs is 3. The molecule has 0 amide bonds. The standard InChI is InChI=1S/C47H35N3/c1-5-15-32(16-6-1)33-25-27-36(28-26-33)43-31-44(50-47(49-43)37-21-11-4-12-22-37)41-30-45-46(39-24-14-13-23-38(39)41)40(34-17-7-2-8-18-34)29-42(48-45)35-19-9-3-10-20-35/h1-23,25-31,39,47,49H,24H2.